The molecule has 0 aliphatic rings. The Morgan fingerprint density at radius 3 is 2.57 bits per heavy atom. The molecule has 0 aromatic heterocycles. The van der Waals surface area contributed by atoms with Crippen LogP contribution >= 0.6 is 0 Å². The lowest BCUT2D eigenvalue weighted by molar-refractivity contribution is -0.144. The molecule has 4 nitrogen and oxygen atoms in total. The molecule has 21 heavy (non-hydrogen) atoms. The number of rotatable bonds is 7. The topological polar surface area (TPSA) is 47.6 Å². The van der Waals surface area contributed by atoms with Gasteiger partial charge in [0, 0.05) is 6.42 Å². The first kappa shape index (κ1) is 17.3. The van der Waals surface area contributed by atoms with Crippen LogP contribution in [0.1, 0.15) is 18.9 Å². The summed E-state index contributed by atoms with van der Waals surface area (Å²) in [4.78, 5) is 11.5. The molecule has 1 unspecified atom stereocenters. The van der Waals surface area contributed by atoms with Crippen molar-refractivity contribution >= 4 is 5.97 Å². The van der Waals surface area contributed by atoms with E-state index in [2.05, 4.69) is 10.1 Å². The van der Waals surface area contributed by atoms with Gasteiger partial charge in [0.1, 0.15) is 11.8 Å². The number of esters is 1. The van der Waals surface area contributed by atoms with Gasteiger partial charge in [0.2, 0.25) is 0 Å². The predicted molar refractivity (Wildman–Crippen MR) is 71.0 cm³/mol. The molecule has 0 fully saturated rings. The van der Waals surface area contributed by atoms with Crippen molar-refractivity contribution in [2.75, 3.05) is 20.3 Å². The van der Waals surface area contributed by atoms with Crippen LogP contribution in [0.2, 0.25) is 0 Å². The Balaban J connectivity index is 2.65. The zero-order valence-corrected chi connectivity index (χ0v) is 11.9. The first-order valence-corrected chi connectivity index (χ1v) is 6.50. The molecule has 0 amide bonds. The minimum Gasteiger partial charge on any atom is -0.493 e. The monoisotopic (exact) mass is 305 g/mol. The van der Waals surface area contributed by atoms with E-state index in [1.165, 1.54) is 25.3 Å². The lowest BCUT2D eigenvalue weighted by Crippen LogP contribution is -2.38. The molecule has 118 valence electrons. The number of para-hydroxylation sites is 1. The van der Waals surface area contributed by atoms with Crippen molar-refractivity contribution in [3.05, 3.63) is 29.8 Å². The number of likely N-dealkylation sites (N-methyl/N-ethyl adjacent to an activating group) is 1. The van der Waals surface area contributed by atoms with Crippen LogP contribution in [0.5, 0.6) is 5.75 Å². The second-order valence-corrected chi connectivity index (χ2v) is 4.26. The average Bonchev–Trinajstić information content (AvgIpc) is 2.45. The summed E-state index contributed by atoms with van der Waals surface area (Å²) in [5.74, 6) is -0.713. The molecule has 1 N–H and O–H groups in total. The van der Waals surface area contributed by atoms with Gasteiger partial charge >= 0.3 is 12.1 Å². The molecule has 1 aromatic carbocycles. The third-order valence-electron chi connectivity index (χ3n) is 2.79. The number of ether oxygens (including phenoxy) is 2. The van der Waals surface area contributed by atoms with Crippen LogP contribution in [0.4, 0.5) is 13.2 Å². The maximum absolute atomic E-state index is 12.8. The largest absolute Gasteiger partial charge is 0.493 e. The molecule has 1 aromatic rings. The molecular formula is C14H18F3NO3. The van der Waals surface area contributed by atoms with E-state index in [-0.39, 0.29) is 18.8 Å². The Bertz CT molecular complexity index is 463. The number of nitrogens with one attached hydrogen (secondary N) is 1. The number of carbonyl (C=O) groups excluding carboxylic acids is 1. The Morgan fingerprint density at radius 2 is 2.00 bits per heavy atom. The van der Waals surface area contributed by atoms with Crippen molar-refractivity contribution in [1.82, 2.24) is 5.32 Å². The van der Waals surface area contributed by atoms with Crippen LogP contribution in [0, 0.1) is 0 Å². The third kappa shape index (κ3) is 5.26. The fourth-order valence-corrected chi connectivity index (χ4v) is 1.81. The molecule has 0 aliphatic carbocycles. The maximum Gasteiger partial charge on any atom is 0.419 e. The van der Waals surface area contributed by atoms with E-state index in [9.17, 15) is 18.0 Å². The summed E-state index contributed by atoms with van der Waals surface area (Å²) in [5, 5.41) is 2.89. The number of hydrogen-bond acceptors (Lipinski definition) is 4. The Labute approximate surface area is 121 Å². The minimum atomic E-state index is -4.47. The van der Waals surface area contributed by atoms with Gasteiger partial charge in [-0.2, -0.15) is 13.2 Å². The first-order chi connectivity index (χ1) is 9.90. The highest BCUT2D eigenvalue weighted by Crippen LogP contribution is 2.35. The van der Waals surface area contributed by atoms with Crippen LogP contribution in [0.3, 0.4) is 0 Å². The zero-order chi connectivity index (χ0) is 15.9. The lowest BCUT2D eigenvalue weighted by atomic mass is 10.2. The van der Waals surface area contributed by atoms with Crippen LogP contribution in [-0.2, 0) is 15.7 Å². The fraction of sp³-hybridized carbons (Fsp3) is 0.500. The number of alkyl halides is 3. The Kier molecular flexibility index (Phi) is 6.48. The molecule has 0 radical (unpaired) electrons. The number of carbonyl (C=O) groups is 1. The van der Waals surface area contributed by atoms with Crippen LogP contribution in [0.15, 0.2) is 24.3 Å². The Hall–Kier alpha value is -1.76. The molecular weight excluding hydrogens is 287 g/mol. The van der Waals surface area contributed by atoms with Crippen LogP contribution in [-0.4, -0.2) is 32.3 Å². The van der Waals surface area contributed by atoms with Gasteiger partial charge in [-0.05, 0) is 18.7 Å². The van der Waals surface area contributed by atoms with Crippen molar-refractivity contribution in [3.63, 3.8) is 0 Å². The van der Waals surface area contributed by atoms with E-state index >= 15 is 0 Å². The van der Waals surface area contributed by atoms with Crippen LogP contribution in [0.25, 0.3) is 0 Å². The molecule has 0 spiro atoms. The molecule has 1 rings (SSSR count). The normalized spacial score (nSPS) is 12.8. The van der Waals surface area contributed by atoms with Gasteiger partial charge in [-0.3, -0.25) is 4.79 Å². The van der Waals surface area contributed by atoms with E-state index in [1.807, 2.05) is 6.92 Å². The summed E-state index contributed by atoms with van der Waals surface area (Å²) in [6, 6.07) is 4.37. The number of halogens is 3. The summed E-state index contributed by atoms with van der Waals surface area (Å²) >= 11 is 0. The molecule has 0 bridgehead atoms. The SMILES string of the molecule is CCNC(CCOc1ccccc1C(F)(F)F)C(=O)OC. The highest BCUT2D eigenvalue weighted by Gasteiger charge is 2.34. The highest BCUT2D eigenvalue weighted by molar-refractivity contribution is 5.75. The van der Waals surface area contributed by atoms with Gasteiger partial charge in [-0.15, -0.1) is 0 Å². The summed E-state index contributed by atoms with van der Waals surface area (Å²) in [6.45, 7) is 2.33. The molecule has 0 saturated carbocycles. The number of hydrogen-bond donors (Lipinski definition) is 1. The van der Waals surface area contributed by atoms with Gasteiger partial charge in [0.15, 0.2) is 0 Å². The Morgan fingerprint density at radius 1 is 1.33 bits per heavy atom. The maximum atomic E-state index is 12.8. The van der Waals surface area contributed by atoms with Gasteiger partial charge in [-0.1, -0.05) is 19.1 Å². The van der Waals surface area contributed by atoms with Crippen molar-refractivity contribution in [3.8, 4) is 5.75 Å². The molecule has 7 heteroatoms. The van der Waals surface area contributed by atoms with Gasteiger partial charge in [0.25, 0.3) is 0 Å². The average molecular weight is 305 g/mol. The zero-order valence-electron chi connectivity index (χ0n) is 11.9. The van der Waals surface area contributed by atoms with Gasteiger partial charge in [0.05, 0.1) is 19.3 Å². The molecule has 0 heterocycles. The van der Waals surface area contributed by atoms with Crippen molar-refractivity contribution in [2.45, 2.75) is 25.6 Å². The quantitative estimate of drug-likeness (QED) is 0.787. The predicted octanol–water partition coefficient (Wildman–Crippen LogP) is 2.63. The van der Waals surface area contributed by atoms with E-state index in [0.717, 1.165) is 6.07 Å². The summed E-state index contributed by atoms with van der Waals surface area (Å²) < 4.78 is 48.1. The number of benzene rings is 1. The lowest BCUT2D eigenvalue weighted by Gasteiger charge is -2.17. The minimum absolute atomic E-state index is 0.0279. The van der Waals surface area contributed by atoms with E-state index in [4.69, 9.17) is 4.74 Å². The molecule has 0 aliphatic heterocycles. The van der Waals surface area contributed by atoms with E-state index in [1.54, 1.807) is 0 Å². The van der Waals surface area contributed by atoms with Gasteiger partial charge in [-0.25, -0.2) is 0 Å². The van der Waals surface area contributed by atoms with E-state index in [0.29, 0.717) is 6.54 Å². The summed E-state index contributed by atoms with van der Waals surface area (Å²) in [7, 11) is 1.26. The van der Waals surface area contributed by atoms with Gasteiger partial charge < -0.3 is 14.8 Å². The summed E-state index contributed by atoms with van der Waals surface area (Å²) in [5.41, 5.74) is -0.830. The molecule has 0 saturated heterocycles. The van der Waals surface area contributed by atoms with Crippen molar-refractivity contribution in [2.24, 2.45) is 0 Å². The first-order valence-electron chi connectivity index (χ1n) is 6.50. The molecule has 1 atom stereocenters. The second kappa shape index (κ2) is 7.87. The van der Waals surface area contributed by atoms with Crippen molar-refractivity contribution in [1.29, 1.82) is 0 Å². The van der Waals surface area contributed by atoms with Crippen LogP contribution < -0.4 is 10.1 Å². The van der Waals surface area contributed by atoms with Crippen molar-refractivity contribution < 1.29 is 27.4 Å². The fourth-order valence-electron chi connectivity index (χ4n) is 1.81. The van der Waals surface area contributed by atoms with E-state index < -0.39 is 23.8 Å². The smallest absolute Gasteiger partial charge is 0.419 e. The third-order valence-corrected chi connectivity index (χ3v) is 2.79. The summed E-state index contributed by atoms with van der Waals surface area (Å²) in [6.07, 6.45) is -4.26. The number of methoxy groups -OCH3 is 1. The second-order valence-electron chi connectivity index (χ2n) is 4.26. The standard InChI is InChI=1S/C14H18F3NO3/c1-3-18-11(13(19)20-2)8-9-21-12-7-5-4-6-10(12)14(15,16)17/h4-7,11,18H,3,8-9H2,1-2H3. The highest BCUT2D eigenvalue weighted by atomic mass is 19.4.